The highest BCUT2D eigenvalue weighted by molar-refractivity contribution is 9.10. The van der Waals surface area contributed by atoms with Gasteiger partial charge in [-0.25, -0.2) is 4.98 Å². The lowest BCUT2D eigenvalue weighted by molar-refractivity contribution is -0.385. The summed E-state index contributed by atoms with van der Waals surface area (Å²) < 4.78 is 0.930. The molecule has 0 amide bonds. The van der Waals surface area contributed by atoms with Crippen molar-refractivity contribution in [2.24, 2.45) is 0 Å². The van der Waals surface area contributed by atoms with Gasteiger partial charge in [-0.1, -0.05) is 23.9 Å². The van der Waals surface area contributed by atoms with Crippen LogP contribution in [-0.4, -0.2) is 17.0 Å². The second-order valence-corrected chi connectivity index (χ2v) is 5.50. The molecule has 0 aliphatic heterocycles. The molecule has 0 unspecified atom stereocenters. The molecule has 2 aromatic rings. The third-order valence-electron chi connectivity index (χ3n) is 2.30. The Balaban J connectivity index is 2.37. The van der Waals surface area contributed by atoms with Crippen molar-refractivity contribution >= 4 is 39.2 Å². The summed E-state index contributed by atoms with van der Waals surface area (Å²) in [6.07, 6.45) is 0. The van der Waals surface area contributed by atoms with E-state index in [-0.39, 0.29) is 5.69 Å². The van der Waals surface area contributed by atoms with Gasteiger partial charge in [0.15, 0.2) is 0 Å². The fraction of sp³-hybridized carbons (Fsp3) is 0.0833. The van der Waals surface area contributed by atoms with Gasteiger partial charge in [0.05, 0.1) is 11.0 Å². The average molecular weight is 340 g/mol. The van der Waals surface area contributed by atoms with Crippen LogP contribution >= 0.6 is 27.7 Å². The quantitative estimate of drug-likeness (QED) is 0.674. The van der Waals surface area contributed by atoms with Gasteiger partial charge < -0.3 is 5.32 Å². The molecular formula is C12H10BrN3O2S. The number of hydrogen-bond acceptors (Lipinski definition) is 5. The van der Waals surface area contributed by atoms with Crippen LogP contribution < -0.4 is 5.32 Å². The van der Waals surface area contributed by atoms with E-state index in [1.54, 1.807) is 7.05 Å². The lowest BCUT2D eigenvalue weighted by atomic mass is 10.4. The second kappa shape index (κ2) is 6.03. The third kappa shape index (κ3) is 3.45. The number of halogens is 1. The largest absolute Gasteiger partial charge is 0.373 e. The van der Waals surface area contributed by atoms with Crippen LogP contribution in [0.5, 0.6) is 0 Å². The number of anilines is 1. The Labute approximate surface area is 122 Å². The zero-order valence-corrected chi connectivity index (χ0v) is 12.4. The number of nitro groups is 1. The van der Waals surface area contributed by atoms with E-state index in [4.69, 9.17) is 0 Å². The molecule has 1 aromatic carbocycles. The van der Waals surface area contributed by atoms with Crippen molar-refractivity contribution in [2.75, 3.05) is 12.4 Å². The summed E-state index contributed by atoms with van der Waals surface area (Å²) in [6.45, 7) is 0. The van der Waals surface area contributed by atoms with Crippen LogP contribution in [0.1, 0.15) is 0 Å². The zero-order chi connectivity index (χ0) is 13.8. The monoisotopic (exact) mass is 339 g/mol. The Bertz CT molecular complexity index is 622. The number of pyridine rings is 1. The molecule has 0 aliphatic rings. The van der Waals surface area contributed by atoms with Crippen molar-refractivity contribution in [3.8, 4) is 0 Å². The first-order valence-corrected chi connectivity index (χ1v) is 6.97. The third-order valence-corrected chi connectivity index (χ3v) is 4.25. The minimum Gasteiger partial charge on any atom is -0.373 e. The Morgan fingerprint density at radius 1 is 1.37 bits per heavy atom. The minimum absolute atomic E-state index is 0.0221. The van der Waals surface area contributed by atoms with E-state index in [1.165, 1.54) is 23.9 Å². The Morgan fingerprint density at radius 3 is 2.74 bits per heavy atom. The number of hydrogen-bond donors (Lipinski definition) is 1. The molecule has 98 valence electrons. The highest BCUT2D eigenvalue weighted by Crippen LogP contribution is 2.34. The fourth-order valence-corrected chi connectivity index (χ4v) is 2.81. The molecule has 7 heteroatoms. The summed E-state index contributed by atoms with van der Waals surface area (Å²) >= 11 is 4.81. The summed E-state index contributed by atoms with van der Waals surface area (Å²) in [7, 11) is 1.68. The van der Waals surface area contributed by atoms with Gasteiger partial charge in [-0.2, -0.15) is 0 Å². The molecule has 0 saturated heterocycles. The molecule has 0 fully saturated rings. The van der Waals surface area contributed by atoms with Crippen molar-refractivity contribution in [3.63, 3.8) is 0 Å². The predicted molar refractivity (Wildman–Crippen MR) is 78.7 cm³/mol. The lowest BCUT2D eigenvalue weighted by Gasteiger charge is -2.05. The van der Waals surface area contributed by atoms with Gasteiger partial charge in [0.2, 0.25) is 0 Å². The first-order valence-electron chi connectivity index (χ1n) is 5.37. The van der Waals surface area contributed by atoms with Crippen molar-refractivity contribution < 1.29 is 4.92 Å². The van der Waals surface area contributed by atoms with Gasteiger partial charge >= 0.3 is 0 Å². The molecule has 0 aliphatic carbocycles. The van der Waals surface area contributed by atoms with Gasteiger partial charge in [0.25, 0.3) is 5.69 Å². The number of aromatic nitrogens is 1. The fourth-order valence-electron chi connectivity index (χ4n) is 1.42. The molecule has 0 saturated carbocycles. The predicted octanol–water partition coefficient (Wildman–Crippen LogP) is 3.95. The summed E-state index contributed by atoms with van der Waals surface area (Å²) in [5.41, 5.74) is 0.0221. The molecule has 2 rings (SSSR count). The second-order valence-electron chi connectivity index (χ2n) is 3.59. The summed E-state index contributed by atoms with van der Waals surface area (Å²) in [5.74, 6) is 0.476. The van der Waals surface area contributed by atoms with Gasteiger partial charge in [-0.05, 0) is 28.1 Å². The van der Waals surface area contributed by atoms with E-state index in [2.05, 4.69) is 26.2 Å². The van der Waals surface area contributed by atoms with Crippen LogP contribution in [0, 0.1) is 10.1 Å². The molecule has 0 radical (unpaired) electrons. The smallest absolute Gasteiger partial charge is 0.275 e. The van der Waals surface area contributed by atoms with Gasteiger partial charge in [0, 0.05) is 22.5 Å². The number of nitrogens with zero attached hydrogens (tertiary/aromatic N) is 2. The maximum atomic E-state index is 10.9. The molecule has 0 spiro atoms. The number of nitrogens with one attached hydrogen (secondary N) is 1. The summed E-state index contributed by atoms with van der Waals surface area (Å²) in [6, 6.07) is 10.5. The van der Waals surface area contributed by atoms with Gasteiger partial charge in [0.1, 0.15) is 10.8 Å². The van der Waals surface area contributed by atoms with E-state index in [9.17, 15) is 10.1 Å². The average Bonchev–Trinajstić information content (AvgIpc) is 2.41. The normalized spacial score (nSPS) is 10.2. The van der Waals surface area contributed by atoms with Crippen LogP contribution in [0.2, 0.25) is 0 Å². The Morgan fingerprint density at radius 2 is 2.11 bits per heavy atom. The summed E-state index contributed by atoms with van der Waals surface area (Å²) in [4.78, 5) is 15.7. The van der Waals surface area contributed by atoms with E-state index in [0.29, 0.717) is 10.8 Å². The van der Waals surface area contributed by atoms with Crippen LogP contribution in [-0.2, 0) is 0 Å². The van der Waals surface area contributed by atoms with Gasteiger partial charge in [-0.15, -0.1) is 0 Å². The first kappa shape index (κ1) is 13.8. The van der Waals surface area contributed by atoms with E-state index in [1.807, 2.05) is 24.3 Å². The Hall–Kier alpha value is -1.60. The van der Waals surface area contributed by atoms with Crippen LogP contribution in [0.3, 0.4) is 0 Å². The van der Waals surface area contributed by atoms with Crippen LogP contribution in [0.25, 0.3) is 0 Å². The molecule has 1 N–H and O–H groups in total. The minimum atomic E-state index is -0.424. The molecule has 0 bridgehead atoms. The maximum absolute atomic E-state index is 10.9. The maximum Gasteiger partial charge on any atom is 0.275 e. The van der Waals surface area contributed by atoms with Crippen molar-refractivity contribution in [3.05, 3.63) is 51.0 Å². The highest BCUT2D eigenvalue weighted by Gasteiger charge is 2.12. The van der Waals surface area contributed by atoms with E-state index >= 15 is 0 Å². The SMILES string of the molecule is CNc1cc([N+](=O)[O-])cc(Sc2ccccc2Br)n1. The lowest BCUT2D eigenvalue weighted by Crippen LogP contribution is -1.96. The molecule has 1 aromatic heterocycles. The zero-order valence-electron chi connectivity index (χ0n) is 9.96. The molecule has 1 heterocycles. The van der Waals surface area contributed by atoms with Crippen LogP contribution in [0.4, 0.5) is 11.5 Å². The Kier molecular flexibility index (Phi) is 4.39. The molecule has 0 atom stereocenters. The van der Waals surface area contributed by atoms with Gasteiger partial charge in [-0.3, -0.25) is 10.1 Å². The van der Waals surface area contributed by atoms with Crippen molar-refractivity contribution in [2.45, 2.75) is 9.92 Å². The summed E-state index contributed by atoms with van der Waals surface area (Å²) in [5, 5.41) is 14.3. The van der Waals surface area contributed by atoms with E-state index < -0.39 is 4.92 Å². The first-order chi connectivity index (χ1) is 9.10. The number of benzene rings is 1. The van der Waals surface area contributed by atoms with Crippen molar-refractivity contribution in [1.29, 1.82) is 0 Å². The standard InChI is InChI=1S/C12H10BrN3O2S/c1-14-11-6-8(16(17)18)7-12(15-11)19-10-5-3-2-4-9(10)13/h2-7H,1H3,(H,14,15). The van der Waals surface area contributed by atoms with E-state index in [0.717, 1.165) is 9.37 Å². The highest BCUT2D eigenvalue weighted by atomic mass is 79.9. The molecule has 5 nitrogen and oxygen atoms in total. The van der Waals surface area contributed by atoms with Crippen molar-refractivity contribution in [1.82, 2.24) is 4.98 Å². The molecule has 19 heavy (non-hydrogen) atoms. The molecular weight excluding hydrogens is 330 g/mol. The number of rotatable bonds is 4. The topological polar surface area (TPSA) is 68.1 Å². The van der Waals surface area contributed by atoms with Crippen LogP contribution in [0.15, 0.2) is 50.8 Å².